The first-order valence-electron chi connectivity index (χ1n) is 7.86. The van der Waals surface area contributed by atoms with Gasteiger partial charge in [0.1, 0.15) is 0 Å². The molecule has 1 aromatic heterocycles. The van der Waals surface area contributed by atoms with Gasteiger partial charge in [-0.3, -0.25) is 0 Å². The zero-order valence-electron chi connectivity index (χ0n) is 13.3. The molecule has 1 unspecified atom stereocenters. The molecule has 0 saturated heterocycles. The summed E-state index contributed by atoms with van der Waals surface area (Å²) < 4.78 is 2.02. The van der Waals surface area contributed by atoms with Crippen molar-refractivity contribution in [2.45, 2.75) is 12.5 Å². The second kappa shape index (κ2) is 6.25. The first-order chi connectivity index (χ1) is 11.6. The smallest absolute Gasteiger partial charge is 0.0991 e. The van der Waals surface area contributed by atoms with E-state index in [0.29, 0.717) is 5.02 Å². The minimum atomic E-state index is 0.249. The van der Waals surface area contributed by atoms with Crippen LogP contribution in [0.1, 0.15) is 22.6 Å². The van der Waals surface area contributed by atoms with Crippen LogP contribution >= 0.6 is 23.2 Å². The number of likely N-dealkylation sites (N-methyl/N-ethyl adjacent to an activating group) is 1. The van der Waals surface area contributed by atoms with Crippen molar-refractivity contribution >= 4 is 23.2 Å². The summed E-state index contributed by atoms with van der Waals surface area (Å²) >= 11 is 12.7. The fourth-order valence-corrected chi connectivity index (χ4v) is 4.01. The summed E-state index contributed by atoms with van der Waals surface area (Å²) in [6, 6.07) is 12.5. The highest BCUT2D eigenvalue weighted by molar-refractivity contribution is 6.35. The van der Waals surface area contributed by atoms with Gasteiger partial charge >= 0.3 is 0 Å². The Morgan fingerprint density at radius 3 is 2.83 bits per heavy atom. The fourth-order valence-electron chi connectivity index (χ4n) is 3.44. The van der Waals surface area contributed by atoms with Crippen LogP contribution in [0.4, 0.5) is 0 Å². The molecule has 0 bridgehead atoms. The molecule has 24 heavy (non-hydrogen) atoms. The monoisotopic (exact) mass is 357 g/mol. The van der Waals surface area contributed by atoms with E-state index in [2.05, 4.69) is 47.3 Å². The van der Waals surface area contributed by atoms with Crippen LogP contribution in [0, 0.1) is 0 Å². The summed E-state index contributed by atoms with van der Waals surface area (Å²) in [5.74, 6) is 0.249. The highest BCUT2D eigenvalue weighted by Crippen LogP contribution is 2.38. The molecular formula is C19H17Cl2N3. The largest absolute Gasteiger partial charge is 0.306 e. The van der Waals surface area contributed by atoms with E-state index in [4.69, 9.17) is 23.2 Å². The van der Waals surface area contributed by atoms with Gasteiger partial charge in [0.2, 0.25) is 0 Å². The van der Waals surface area contributed by atoms with E-state index in [1.807, 2.05) is 23.2 Å². The Balaban J connectivity index is 1.82. The predicted octanol–water partition coefficient (Wildman–Crippen LogP) is 4.76. The lowest BCUT2D eigenvalue weighted by Crippen LogP contribution is -2.31. The Hall–Kier alpha value is -1.81. The van der Waals surface area contributed by atoms with Gasteiger partial charge in [-0.15, -0.1) is 0 Å². The van der Waals surface area contributed by atoms with Gasteiger partial charge in [0, 0.05) is 47.1 Å². The molecular weight excluding hydrogens is 341 g/mol. The van der Waals surface area contributed by atoms with Crippen molar-refractivity contribution in [2.75, 3.05) is 13.6 Å². The normalized spacial score (nSPS) is 17.7. The Labute approximate surface area is 151 Å². The molecule has 0 N–H and O–H groups in total. The third-order valence-corrected chi connectivity index (χ3v) is 5.12. The van der Waals surface area contributed by atoms with Crippen LogP contribution in [0.5, 0.6) is 0 Å². The number of nitrogens with zero attached hydrogens (tertiary/aromatic N) is 3. The number of halogens is 2. The van der Waals surface area contributed by atoms with Gasteiger partial charge in [-0.05, 0) is 48.0 Å². The molecule has 2 aromatic carbocycles. The predicted molar refractivity (Wildman–Crippen MR) is 98.2 cm³/mol. The molecule has 5 heteroatoms. The summed E-state index contributed by atoms with van der Waals surface area (Å²) in [6.45, 7) is 1.79. The fraction of sp³-hybridized carbons (Fsp3) is 0.211. The first kappa shape index (κ1) is 15.7. The molecule has 3 aromatic rings. The van der Waals surface area contributed by atoms with Gasteiger partial charge in [-0.2, -0.15) is 0 Å². The zero-order valence-corrected chi connectivity index (χ0v) is 14.8. The third-order valence-electron chi connectivity index (χ3n) is 4.57. The maximum absolute atomic E-state index is 6.45. The first-order valence-corrected chi connectivity index (χ1v) is 8.62. The van der Waals surface area contributed by atoms with E-state index in [0.717, 1.165) is 23.8 Å². The molecule has 0 spiro atoms. The van der Waals surface area contributed by atoms with Gasteiger partial charge in [0.25, 0.3) is 0 Å². The van der Waals surface area contributed by atoms with Crippen LogP contribution in [0.15, 0.2) is 55.1 Å². The van der Waals surface area contributed by atoms with Crippen molar-refractivity contribution < 1.29 is 0 Å². The molecule has 0 radical (unpaired) electrons. The van der Waals surface area contributed by atoms with Crippen LogP contribution in [0.25, 0.3) is 5.69 Å². The molecule has 1 atom stereocenters. The van der Waals surface area contributed by atoms with Gasteiger partial charge in [0.05, 0.1) is 6.33 Å². The molecule has 0 fully saturated rings. The lowest BCUT2D eigenvalue weighted by molar-refractivity contribution is 0.295. The van der Waals surface area contributed by atoms with E-state index < -0.39 is 0 Å². The number of imidazole rings is 1. The molecule has 0 amide bonds. The Morgan fingerprint density at radius 1 is 1.17 bits per heavy atom. The van der Waals surface area contributed by atoms with Gasteiger partial charge in [0.15, 0.2) is 0 Å². The number of fused-ring (bicyclic) bond motifs is 1. The third kappa shape index (κ3) is 2.84. The Morgan fingerprint density at radius 2 is 2.04 bits per heavy atom. The summed E-state index contributed by atoms with van der Waals surface area (Å²) in [7, 11) is 2.13. The van der Waals surface area contributed by atoms with Crippen LogP contribution in [-0.4, -0.2) is 28.0 Å². The lowest BCUT2D eigenvalue weighted by atomic mass is 9.84. The standard InChI is InChI=1S/C19H17Cl2N3/c1-23-10-17(16-8-14(20)9-19(21)18(16)11-23)13-3-2-4-15(7-13)24-6-5-22-12-24/h2-9,12,17H,10-11H2,1H3. The average molecular weight is 358 g/mol. The van der Waals surface area contributed by atoms with Crippen LogP contribution in [-0.2, 0) is 6.54 Å². The number of rotatable bonds is 2. The van der Waals surface area contributed by atoms with Crippen molar-refractivity contribution in [2.24, 2.45) is 0 Å². The maximum Gasteiger partial charge on any atom is 0.0991 e. The molecule has 4 rings (SSSR count). The molecule has 122 valence electrons. The van der Waals surface area contributed by atoms with E-state index >= 15 is 0 Å². The summed E-state index contributed by atoms with van der Waals surface area (Å²) in [6.07, 6.45) is 5.55. The molecule has 0 aliphatic carbocycles. The number of hydrogen-bond donors (Lipinski definition) is 0. The highest BCUT2D eigenvalue weighted by Gasteiger charge is 2.27. The van der Waals surface area contributed by atoms with Crippen molar-refractivity contribution in [3.63, 3.8) is 0 Å². The van der Waals surface area contributed by atoms with E-state index in [1.54, 1.807) is 6.20 Å². The van der Waals surface area contributed by atoms with Crippen molar-refractivity contribution in [1.29, 1.82) is 0 Å². The SMILES string of the molecule is CN1Cc2c(Cl)cc(Cl)cc2C(c2cccc(-n3ccnc3)c2)C1. The van der Waals surface area contributed by atoms with Crippen LogP contribution in [0.2, 0.25) is 10.0 Å². The second-order valence-corrected chi connectivity index (χ2v) is 7.11. The Kier molecular flexibility index (Phi) is 4.09. The molecule has 0 saturated carbocycles. The zero-order chi connectivity index (χ0) is 16.7. The van der Waals surface area contributed by atoms with Crippen molar-refractivity contribution in [3.05, 3.63) is 81.9 Å². The van der Waals surface area contributed by atoms with E-state index in [9.17, 15) is 0 Å². The minimum absolute atomic E-state index is 0.249. The minimum Gasteiger partial charge on any atom is -0.306 e. The number of hydrogen-bond acceptors (Lipinski definition) is 2. The quantitative estimate of drug-likeness (QED) is 0.659. The molecule has 2 heterocycles. The van der Waals surface area contributed by atoms with Crippen molar-refractivity contribution in [3.8, 4) is 5.69 Å². The van der Waals surface area contributed by atoms with Crippen molar-refractivity contribution in [1.82, 2.24) is 14.5 Å². The summed E-state index contributed by atoms with van der Waals surface area (Å²) in [5.41, 5.74) is 4.77. The second-order valence-electron chi connectivity index (χ2n) is 6.27. The topological polar surface area (TPSA) is 21.1 Å². The lowest BCUT2D eigenvalue weighted by Gasteiger charge is -2.33. The summed E-state index contributed by atoms with van der Waals surface area (Å²) in [5, 5.41) is 1.44. The van der Waals surface area contributed by atoms with E-state index in [-0.39, 0.29) is 5.92 Å². The number of benzene rings is 2. The summed E-state index contributed by atoms with van der Waals surface area (Å²) in [4.78, 5) is 6.43. The van der Waals surface area contributed by atoms with Gasteiger partial charge < -0.3 is 9.47 Å². The number of aromatic nitrogens is 2. The average Bonchev–Trinajstić information content (AvgIpc) is 3.10. The van der Waals surface area contributed by atoms with Gasteiger partial charge in [-0.25, -0.2) is 4.98 Å². The van der Waals surface area contributed by atoms with Crippen LogP contribution in [0.3, 0.4) is 0 Å². The molecule has 1 aliphatic rings. The maximum atomic E-state index is 6.45. The van der Waals surface area contributed by atoms with E-state index in [1.165, 1.54) is 16.7 Å². The van der Waals surface area contributed by atoms with Gasteiger partial charge in [-0.1, -0.05) is 35.3 Å². The van der Waals surface area contributed by atoms with Crippen LogP contribution < -0.4 is 0 Å². The highest BCUT2D eigenvalue weighted by atomic mass is 35.5. The Bertz CT molecular complexity index is 874. The molecule has 1 aliphatic heterocycles. The molecule has 3 nitrogen and oxygen atoms in total.